The molecule has 4 nitrogen and oxygen atoms in total. The minimum absolute atomic E-state index is 0.332. The maximum atomic E-state index is 10.9. The Morgan fingerprint density at radius 3 is 2.89 bits per heavy atom. The van der Waals surface area contributed by atoms with Gasteiger partial charge in [0, 0.05) is 6.08 Å². The highest BCUT2D eigenvalue weighted by atomic mass is 16.6. The molecule has 2 bridgehead atoms. The summed E-state index contributed by atoms with van der Waals surface area (Å²) in [5.74, 6) is 2.63. The summed E-state index contributed by atoms with van der Waals surface area (Å²) in [4.78, 5) is 10.9. The van der Waals surface area contributed by atoms with Gasteiger partial charge in [0.05, 0.1) is 24.9 Å². The van der Waals surface area contributed by atoms with Crippen molar-refractivity contribution in [2.24, 2.45) is 23.7 Å². The van der Waals surface area contributed by atoms with Crippen LogP contribution in [0.5, 0.6) is 0 Å². The molecular formula is C15H20O4. The normalized spacial score (nSPS) is 48.7. The predicted octanol–water partition coefficient (Wildman–Crippen LogP) is 1.54. The Kier molecular flexibility index (Phi) is 2.71. The van der Waals surface area contributed by atoms with Gasteiger partial charge in [-0.25, -0.2) is 4.79 Å². The Morgan fingerprint density at radius 1 is 1.26 bits per heavy atom. The van der Waals surface area contributed by atoms with Crippen molar-refractivity contribution >= 4 is 5.97 Å². The van der Waals surface area contributed by atoms with Gasteiger partial charge in [0.15, 0.2) is 0 Å². The van der Waals surface area contributed by atoms with Gasteiger partial charge in [-0.05, 0) is 42.9 Å². The summed E-state index contributed by atoms with van der Waals surface area (Å²) in [6, 6.07) is 0. The standard InChI is InChI=1S/C15H20O4/c1-2-12(16)17-5-6-18-14-8-3-4-9(14)13-10(8)7-11-15(13)19-11/h2,8-11,13-15H,1,3-7H2. The second-order valence-electron chi connectivity index (χ2n) is 6.23. The highest BCUT2D eigenvalue weighted by molar-refractivity contribution is 5.81. The van der Waals surface area contributed by atoms with E-state index in [0.717, 1.165) is 17.8 Å². The third-order valence-electron chi connectivity index (χ3n) is 5.53. The van der Waals surface area contributed by atoms with Crippen molar-refractivity contribution in [2.75, 3.05) is 13.2 Å². The van der Waals surface area contributed by atoms with Crippen molar-refractivity contribution in [1.82, 2.24) is 0 Å². The number of carbonyl (C=O) groups excluding carboxylic acids is 1. The molecule has 19 heavy (non-hydrogen) atoms. The van der Waals surface area contributed by atoms with Crippen molar-refractivity contribution < 1.29 is 19.0 Å². The lowest BCUT2D eigenvalue weighted by Gasteiger charge is -2.25. The van der Waals surface area contributed by atoms with E-state index in [9.17, 15) is 4.79 Å². The van der Waals surface area contributed by atoms with Crippen LogP contribution in [0.1, 0.15) is 19.3 Å². The molecule has 1 saturated heterocycles. The van der Waals surface area contributed by atoms with Crippen molar-refractivity contribution in [3.63, 3.8) is 0 Å². The van der Waals surface area contributed by atoms with Gasteiger partial charge >= 0.3 is 5.97 Å². The Bertz CT molecular complexity index is 407. The molecule has 3 aliphatic carbocycles. The van der Waals surface area contributed by atoms with Gasteiger partial charge in [0.2, 0.25) is 0 Å². The third-order valence-corrected chi connectivity index (χ3v) is 5.53. The van der Waals surface area contributed by atoms with Crippen LogP contribution in [0.2, 0.25) is 0 Å². The molecule has 3 saturated carbocycles. The van der Waals surface area contributed by atoms with E-state index in [2.05, 4.69) is 6.58 Å². The Balaban J connectivity index is 1.31. The third kappa shape index (κ3) is 1.77. The van der Waals surface area contributed by atoms with Crippen LogP contribution >= 0.6 is 0 Å². The van der Waals surface area contributed by atoms with Crippen LogP contribution in [-0.4, -0.2) is 37.5 Å². The van der Waals surface area contributed by atoms with Crippen LogP contribution in [0.3, 0.4) is 0 Å². The molecule has 4 fully saturated rings. The van der Waals surface area contributed by atoms with E-state index in [0.29, 0.717) is 37.4 Å². The average molecular weight is 264 g/mol. The summed E-state index contributed by atoms with van der Waals surface area (Å²) in [7, 11) is 0. The second-order valence-corrected chi connectivity index (χ2v) is 6.23. The molecule has 0 N–H and O–H groups in total. The number of esters is 1. The van der Waals surface area contributed by atoms with E-state index < -0.39 is 0 Å². The van der Waals surface area contributed by atoms with Crippen LogP contribution in [0.25, 0.3) is 0 Å². The van der Waals surface area contributed by atoms with Gasteiger partial charge in [0.25, 0.3) is 0 Å². The van der Waals surface area contributed by atoms with Gasteiger partial charge in [-0.2, -0.15) is 0 Å². The predicted molar refractivity (Wildman–Crippen MR) is 67.4 cm³/mol. The van der Waals surface area contributed by atoms with Crippen LogP contribution in [0.15, 0.2) is 12.7 Å². The molecule has 0 amide bonds. The summed E-state index contributed by atoms with van der Waals surface area (Å²) >= 11 is 0. The van der Waals surface area contributed by atoms with Gasteiger partial charge in [-0.15, -0.1) is 0 Å². The van der Waals surface area contributed by atoms with Crippen LogP contribution in [0, 0.1) is 23.7 Å². The van der Waals surface area contributed by atoms with Crippen LogP contribution < -0.4 is 0 Å². The highest BCUT2D eigenvalue weighted by Gasteiger charge is 2.67. The smallest absolute Gasteiger partial charge is 0.330 e. The first kappa shape index (κ1) is 11.9. The molecule has 0 aromatic rings. The SMILES string of the molecule is C=CC(=O)OCCOC1C2CCC1C1C2CC2OC21. The minimum atomic E-state index is -0.371. The van der Waals surface area contributed by atoms with E-state index in [1.807, 2.05) is 0 Å². The van der Waals surface area contributed by atoms with E-state index in [1.165, 1.54) is 25.3 Å². The molecule has 1 heterocycles. The molecule has 104 valence electrons. The first-order chi connectivity index (χ1) is 9.29. The molecule has 0 radical (unpaired) electrons. The van der Waals surface area contributed by atoms with Crippen molar-refractivity contribution in [3.8, 4) is 0 Å². The Hall–Kier alpha value is -0.870. The fraction of sp³-hybridized carbons (Fsp3) is 0.800. The van der Waals surface area contributed by atoms with Gasteiger partial charge in [-0.1, -0.05) is 6.58 Å². The number of epoxide rings is 1. The van der Waals surface area contributed by atoms with Gasteiger partial charge in [-0.3, -0.25) is 0 Å². The quantitative estimate of drug-likeness (QED) is 0.327. The van der Waals surface area contributed by atoms with Gasteiger partial charge < -0.3 is 14.2 Å². The lowest BCUT2D eigenvalue weighted by molar-refractivity contribution is -0.140. The molecular weight excluding hydrogens is 244 g/mol. The maximum Gasteiger partial charge on any atom is 0.330 e. The number of hydrogen-bond donors (Lipinski definition) is 0. The molecule has 4 rings (SSSR count). The first-order valence-corrected chi connectivity index (χ1v) is 7.36. The maximum absolute atomic E-state index is 10.9. The summed E-state index contributed by atoms with van der Waals surface area (Å²) in [6.45, 7) is 4.21. The minimum Gasteiger partial charge on any atom is -0.460 e. The zero-order chi connectivity index (χ0) is 13.0. The number of carbonyl (C=O) groups is 1. The van der Waals surface area contributed by atoms with Crippen LogP contribution in [-0.2, 0) is 19.0 Å². The van der Waals surface area contributed by atoms with Crippen molar-refractivity contribution in [2.45, 2.75) is 37.6 Å². The topological polar surface area (TPSA) is 48.1 Å². The second kappa shape index (κ2) is 4.32. The first-order valence-electron chi connectivity index (χ1n) is 7.36. The van der Waals surface area contributed by atoms with Crippen molar-refractivity contribution in [3.05, 3.63) is 12.7 Å². The Morgan fingerprint density at radius 2 is 2.11 bits per heavy atom. The van der Waals surface area contributed by atoms with Crippen LogP contribution in [0.4, 0.5) is 0 Å². The Labute approximate surface area is 113 Å². The molecule has 0 spiro atoms. The molecule has 0 aromatic carbocycles. The highest BCUT2D eigenvalue weighted by Crippen LogP contribution is 2.64. The average Bonchev–Trinajstić information content (AvgIpc) is 2.82. The number of ether oxygens (including phenoxy) is 3. The summed E-state index contributed by atoms with van der Waals surface area (Å²) in [5.41, 5.74) is 0. The van der Waals surface area contributed by atoms with E-state index in [-0.39, 0.29) is 5.97 Å². The van der Waals surface area contributed by atoms with E-state index >= 15 is 0 Å². The molecule has 0 aromatic heterocycles. The monoisotopic (exact) mass is 264 g/mol. The molecule has 1 aliphatic heterocycles. The lowest BCUT2D eigenvalue weighted by Crippen LogP contribution is -2.24. The molecule has 7 atom stereocenters. The number of rotatable bonds is 5. The summed E-state index contributed by atoms with van der Waals surface area (Å²) in [6.07, 6.45) is 6.54. The van der Waals surface area contributed by atoms with Crippen molar-refractivity contribution in [1.29, 1.82) is 0 Å². The zero-order valence-electron chi connectivity index (χ0n) is 11.0. The lowest BCUT2D eigenvalue weighted by atomic mass is 9.81. The summed E-state index contributed by atoms with van der Waals surface area (Å²) < 4.78 is 16.7. The number of hydrogen-bond acceptors (Lipinski definition) is 4. The number of fused-ring (bicyclic) bond motifs is 7. The fourth-order valence-corrected chi connectivity index (χ4v) is 4.91. The van der Waals surface area contributed by atoms with E-state index in [4.69, 9.17) is 14.2 Å². The molecule has 4 aliphatic rings. The van der Waals surface area contributed by atoms with E-state index in [1.54, 1.807) is 0 Å². The summed E-state index contributed by atoms with van der Waals surface area (Å²) in [5, 5.41) is 0. The van der Waals surface area contributed by atoms with Gasteiger partial charge in [0.1, 0.15) is 6.61 Å². The largest absolute Gasteiger partial charge is 0.460 e. The molecule has 4 heteroatoms. The zero-order valence-corrected chi connectivity index (χ0v) is 11.0. The molecule has 7 unspecified atom stereocenters. The fourth-order valence-electron chi connectivity index (χ4n) is 4.91.